The molecule has 0 aromatic heterocycles. The van der Waals surface area contributed by atoms with Gasteiger partial charge >= 0.3 is 0 Å². The van der Waals surface area contributed by atoms with Crippen LogP contribution in [0.15, 0.2) is 36.4 Å². The second-order valence-corrected chi connectivity index (χ2v) is 5.60. The molecular weight excluding hydrogens is 384 g/mol. The molecule has 0 radical (unpaired) electrons. The zero-order valence-electron chi connectivity index (χ0n) is 15.8. The largest absolute Gasteiger partial charge is 0.480 e. The number of carbonyl (C=O) groups is 2. The zero-order valence-corrected chi connectivity index (χ0v) is 15.8. The first kappa shape index (κ1) is 21.9. The molecule has 8 nitrogen and oxygen atoms in total. The summed E-state index contributed by atoms with van der Waals surface area (Å²) < 4.78 is 10.8. The minimum absolute atomic E-state index is 0.0255. The summed E-state index contributed by atoms with van der Waals surface area (Å²) >= 11 is 0. The number of rotatable bonds is 6. The van der Waals surface area contributed by atoms with Gasteiger partial charge in [0.15, 0.2) is 0 Å². The number of hydrogen-bond acceptors (Lipinski definition) is 6. The lowest BCUT2D eigenvalue weighted by Crippen LogP contribution is -2.30. The van der Waals surface area contributed by atoms with Crippen molar-refractivity contribution in [1.82, 2.24) is 10.9 Å². The molecule has 2 amide bonds. The Labute approximate surface area is 173 Å². The highest BCUT2D eigenvalue weighted by Crippen LogP contribution is 2.22. The third-order valence-electron chi connectivity index (χ3n) is 3.69. The van der Waals surface area contributed by atoms with Crippen LogP contribution >= 0.6 is 0 Å². The maximum Gasteiger partial charge on any atom is 0.268 e. The number of nitrogens with one attached hydrogen (secondary N) is 2. The number of hydrazine groups is 2. The first-order chi connectivity index (χ1) is 14.5. The van der Waals surface area contributed by atoms with Crippen molar-refractivity contribution in [1.29, 1.82) is 0 Å². The number of benzene rings is 2. The van der Waals surface area contributed by atoms with Crippen molar-refractivity contribution in [2.75, 3.05) is 13.2 Å². The number of carbonyl (C=O) groups excluding carboxylic acids is 2. The van der Waals surface area contributed by atoms with Crippen LogP contribution in [0.25, 0.3) is 0 Å². The van der Waals surface area contributed by atoms with Crippen LogP contribution in [0.1, 0.15) is 31.8 Å². The van der Waals surface area contributed by atoms with Crippen molar-refractivity contribution in [3.8, 4) is 48.0 Å². The van der Waals surface area contributed by atoms with Gasteiger partial charge in [-0.2, -0.15) is 0 Å². The molecule has 150 valence electrons. The fourth-order valence-electron chi connectivity index (χ4n) is 2.35. The van der Waals surface area contributed by atoms with Gasteiger partial charge in [-0.25, -0.2) is 11.7 Å². The molecule has 0 bridgehead atoms. The molecule has 8 heteroatoms. The van der Waals surface area contributed by atoms with E-state index < -0.39 is 11.8 Å². The van der Waals surface area contributed by atoms with Gasteiger partial charge in [-0.15, -0.1) is 12.8 Å². The number of hydrogen-bond donors (Lipinski definition) is 4. The van der Waals surface area contributed by atoms with Gasteiger partial charge in [0.05, 0.1) is 11.1 Å². The molecule has 0 atom stereocenters. The van der Waals surface area contributed by atoms with Gasteiger partial charge in [0.2, 0.25) is 0 Å². The average Bonchev–Trinajstić information content (AvgIpc) is 2.78. The van der Waals surface area contributed by atoms with Crippen molar-refractivity contribution >= 4 is 11.8 Å². The Hall–Kier alpha value is -4.42. The average molecular weight is 402 g/mol. The highest BCUT2D eigenvalue weighted by atomic mass is 16.5. The van der Waals surface area contributed by atoms with Crippen LogP contribution in [0.5, 0.6) is 11.5 Å². The summed E-state index contributed by atoms with van der Waals surface area (Å²) in [5, 5.41) is 0. The predicted molar refractivity (Wildman–Crippen MR) is 111 cm³/mol. The van der Waals surface area contributed by atoms with Gasteiger partial charge in [-0.05, 0) is 36.4 Å². The third kappa shape index (κ3) is 5.54. The molecule has 30 heavy (non-hydrogen) atoms. The summed E-state index contributed by atoms with van der Waals surface area (Å²) in [4.78, 5) is 23.7. The number of amides is 2. The molecule has 0 saturated carbocycles. The SMILES string of the molecule is C#CCOc1cc(C#Cc2ccc(C(=O)NN)c(OCC#C)c2)ccc1C(=O)NN. The highest BCUT2D eigenvalue weighted by molar-refractivity contribution is 5.97. The second-order valence-electron chi connectivity index (χ2n) is 5.60. The minimum Gasteiger partial charge on any atom is -0.480 e. The lowest BCUT2D eigenvalue weighted by Gasteiger charge is -2.09. The quantitative estimate of drug-likeness (QED) is 0.238. The smallest absolute Gasteiger partial charge is 0.268 e. The van der Waals surface area contributed by atoms with E-state index in [4.69, 9.17) is 34.0 Å². The van der Waals surface area contributed by atoms with Crippen molar-refractivity contribution in [2.24, 2.45) is 11.7 Å². The van der Waals surface area contributed by atoms with Crippen LogP contribution in [-0.4, -0.2) is 25.0 Å². The maximum absolute atomic E-state index is 11.9. The van der Waals surface area contributed by atoms with E-state index in [1.807, 2.05) is 10.9 Å². The van der Waals surface area contributed by atoms with Crippen LogP contribution < -0.4 is 32.0 Å². The molecule has 0 heterocycles. The Morgan fingerprint density at radius 3 is 1.53 bits per heavy atom. The Balaban J connectivity index is 2.38. The Morgan fingerprint density at radius 2 is 1.20 bits per heavy atom. The summed E-state index contributed by atoms with van der Waals surface area (Å²) in [5.74, 6) is 20.4. The molecule has 0 unspecified atom stereocenters. The summed E-state index contributed by atoms with van der Waals surface area (Å²) in [6, 6.07) is 9.45. The van der Waals surface area contributed by atoms with Crippen molar-refractivity contribution in [3.05, 3.63) is 58.7 Å². The molecule has 0 aliphatic rings. The highest BCUT2D eigenvalue weighted by Gasteiger charge is 2.13. The monoisotopic (exact) mass is 402 g/mol. The molecule has 0 aliphatic heterocycles. The molecule has 2 rings (SSSR count). The van der Waals surface area contributed by atoms with Gasteiger partial charge in [-0.1, -0.05) is 23.7 Å². The number of terminal acetylenes is 2. The molecule has 6 N–H and O–H groups in total. The Bertz CT molecular complexity index is 1020. The predicted octanol–water partition coefficient (Wildman–Crippen LogP) is 0.317. The van der Waals surface area contributed by atoms with Crippen LogP contribution in [0, 0.1) is 36.5 Å². The van der Waals surface area contributed by atoms with E-state index >= 15 is 0 Å². The van der Waals surface area contributed by atoms with Crippen molar-refractivity contribution in [2.45, 2.75) is 0 Å². The van der Waals surface area contributed by atoms with Crippen LogP contribution in [0.3, 0.4) is 0 Å². The summed E-state index contributed by atoms with van der Waals surface area (Å²) in [6.45, 7) is -0.0510. The molecule has 0 spiro atoms. The van der Waals surface area contributed by atoms with E-state index in [0.717, 1.165) is 0 Å². The summed E-state index contributed by atoms with van der Waals surface area (Å²) in [7, 11) is 0. The van der Waals surface area contributed by atoms with E-state index in [0.29, 0.717) is 11.1 Å². The van der Waals surface area contributed by atoms with E-state index in [-0.39, 0.29) is 35.8 Å². The van der Waals surface area contributed by atoms with Crippen molar-refractivity contribution < 1.29 is 19.1 Å². The molecule has 2 aromatic carbocycles. The van der Waals surface area contributed by atoms with Gasteiger partial charge < -0.3 is 9.47 Å². The fourth-order valence-corrected chi connectivity index (χ4v) is 2.35. The van der Waals surface area contributed by atoms with E-state index in [1.165, 1.54) is 12.1 Å². The fraction of sp³-hybridized carbons (Fsp3) is 0.0909. The topological polar surface area (TPSA) is 129 Å². The standard InChI is InChI=1S/C22H18N4O4/c1-3-11-29-19-13-15(7-9-17(19)21(27)25-23)5-6-16-8-10-18(22(28)26-24)20(14-16)30-12-4-2/h1-2,7-10,13-14H,11-12,23-24H2,(H,25,27)(H,26,28). The zero-order chi connectivity index (χ0) is 21.9. The van der Waals surface area contributed by atoms with Crippen LogP contribution in [-0.2, 0) is 0 Å². The molecule has 2 aromatic rings. The van der Waals surface area contributed by atoms with Crippen molar-refractivity contribution in [3.63, 3.8) is 0 Å². The van der Waals surface area contributed by atoms with Gasteiger partial charge in [0.1, 0.15) is 24.7 Å². The summed E-state index contributed by atoms with van der Waals surface area (Å²) in [5.41, 5.74) is 5.65. The van der Waals surface area contributed by atoms with Gasteiger partial charge in [0.25, 0.3) is 11.8 Å². The first-order valence-electron chi connectivity index (χ1n) is 8.48. The normalized spacial score (nSPS) is 9.20. The lowest BCUT2D eigenvalue weighted by molar-refractivity contribution is 0.0942. The molecule has 0 saturated heterocycles. The number of nitrogens with two attached hydrogens (primary N) is 2. The lowest BCUT2D eigenvalue weighted by atomic mass is 10.1. The molecule has 0 fully saturated rings. The Kier molecular flexibility index (Phi) is 7.87. The Morgan fingerprint density at radius 1 is 0.800 bits per heavy atom. The third-order valence-corrected chi connectivity index (χ3v) is 3.69. The maximum atomic E-state index is 11.9. The van der Waals surface area contributed by atoms with E-state index in [1.54, 1.807) is 24.3 Å². The van der Waals surface area contributed by atoms with E-state index in [2.05, 4.69) is 23.7 Å². The van der Waals surface area contributed by atoms with Gasteiger partial charge in [-0.3, -0.25) is 20.4 Å². The number of ether oxygens (including phenoxy) is 2. The van der Waals surface area contributed by atoms with Gasteiger partial charge in [0, 0.05) is 11.1 Å². The first-order valence-corrected chi connectivity index (χ1v) is 8.48. The molecule has 0 aliphatic carbocycles. The minimum atomic E-state index is -0.523. The molecular formula is C22H18N4O4. The van der Waals surface area contributed by atoms with E-state index in [9.17, 15) is 9.59 Å². The summed E-state index contributed by atoms with van der Waals surface area (Å²) in [6.07, 6.45) is 10.4. The second kappa shape index (κ2) is 10.8. The number of nitrogen functional groups attached to an aromatic ring is 2. The van der Waals surface area contributed by atoms with Crippen LogP contribution in [0.2, 0.25) is 0 Å². The van der Waals surface area contributed by atoms with Crippen LogP contribution in [0.4, 0.5) is 0 Å².